The minimum atomic E-state index is -1.14. The van der Waals surface area contributed by atoms with Gasteiger partial charge in [0.1, 0.15) is 6.61 Å². The molecule has 0 aliphatic carbocycles. The number of carboxylic acid groups (broad SMARTS) is 1. The second-order valence-electron chi connectivity index (χ2n) is 2.93. The maximum Gasteiger partial charge on any atom is 0.329 e. The van der Waals surface area contributed by atoms with Gasteiger partial charge in [-0.2, -0.15) is 4.39 Å². The van der Waals surface area contributed by atoms with Crippen LogP contribution >= 0.6 is 0 Å². The number of ether oxygens (including phenoxy) is 1. The molecule has 0 aliphatic rings. The van der Waals surface area contributed by atoms with Crippen LogP contribution in [-0.2, 0) is 16.1 Å². The van der Waals surface area contributed by atoms with Crippen molar-refractivity contribution in [3.05, 3.63) is 39.7 Å². The van der Waals surface area contributed by atoms with Crippen LogP contribution in [0.5, 0.6) is 0 Å². The van der Waals surface area contributed by atoms with Crippen LogP contribution < -0.4 is 0 Å². The average molecular weight is 229 g/mol. The van der Waals surface area contributed by atoms with Gasteiger partial charge >= 0.3 is 11.7 Å². The van der Waals surface area contributed by atoms with E-state index in [9.17, 15) is 19.3 Å². The maximum absolute atomic E-state index is 13.1. The summed E-state index contributed by atoms with van der Waals surface area (Å²) < 4.78 is 17.8. The first kappa shape index (κ1) is 12.1. The number of nitrogens with zero attached hydrogens (tertiary/aromatic N) is 1. The van der Waals surface area contributed by atoms with Gasteiger partial charge in [-0.3, -0.25) is 10.1 Å². The Kier molecular flexibility index (Phi) is 3.90. The van der Waals surface area contributed by atoms with Crippen molar-refractivity contribution in [2.45, 2.75) is 6.61 Å². The van der Waals surface area contributed by atoms with E-state index in [-0.39, 0.29) is 6.61 Å². The Balaban J connectivity index is 2.66. The van der Waals surface area contributed by atoms with Crippen molar-refractivity contribution in [1.29, 1.82) is 0 Å². The lowest BCUT2D eigenvalue weighted by atomic mass is 10.2. The van der Waals surface area contributed by atoms with Gasteiger partial charge in [-0.05, 0) is 17.7 Å². The van der Waals surface area contributed by atoms with Crippen LogP contribution in [-0.4, -0.2) is 22.6 Å². The molecule has 0 fully saturated rings. The Morgan fingerprint density at radius 3 is 2.75 bits per heavy atom. The Morgan fingerprint density at radius 2 is 2.25 bits per heavy atom. The van der Waals surface area contributed by atoms with E-state index >= 15 is 0 Å². The Morgan fingerprint density at radius 1 is 1.56 bits per heavy atom. The molecule has 1 aromatic rings. The SMILES string of the molecule is O=C(O)COCc1ccc([N+](=O)[O-])c(F)c1. The molecule has 0 saturated carbocycles. The van der Waals surface area contributed by atoms with Gasteiger partial charge in [-0.1, -0.05) is 0 Å². The number of hydrogen-bond acceptors (Lipinski definition) is 4. The summed E-state index contributed by atoms with van der Waals surface area (Å²) in [5.74, 6) is -2.11. The fourth-order valence-electron chi connectivity index (χ4n) is 1.04. The van der Waals surface area contributed by atoms with Crippen LogP contribution in [0.3, 0.4) is 0 Å². The van der Waals surface area contributed by atoms with Crippen molar-refractivity contribution in [2.24, 2.45) is 0 Å². The van der Waals surface area contributed by atoms with Gasteiger partial charge in [0.05, 0.1) is 11.5 Å². The molecule has 0 saturated heterocycles. The van der Waals surface area contributed by atoms with E-state index in [1.165, 1.54) is 6.07 Å². The zero-order chi connectivity index (χ0) is 12.1. The number of carbonyl (C=O) groups is 1. The molecule has 0 amide bonds. The molecule has 86 valence electrons. The maximum atomic E-state index is 13.1. The third-order valence-corrected chi connectivity index (χ3v) is 1.70. The molecule has 0 unspecified atom stereocenters. The number of carboxylic acids is 1. The first-order chi connectivity index (χ1) is 7.50. The number of benzene rings is 1. The molecule has 1 rings (SSSR count). The van der Waals surface area contributed by atoms with Gasteiger partial charge in [0, 0.05) is 6.07 Å². The van der Waals surface area contributed by atoms with Crippen molar-refractivity contribution in [2.75, 3.05) is 6.61 Å². The molecule has 7 heteroatoms. The summed E-state index contributed by atoms with van der Waals surface area (Å²) in [5, 5.41) is 18.6. The topological polar surface area (TPSA) is 89.7 Å². The molecule has 0 radical (unpaired) electrons. The highest BCUT2D eigenvalue weighted by Crippen LogP contribution is 2.18. The van der Waals surface area contributed by atoms with Crippen LogP contribution in [0.1, 0.15) is 5.56 Å². The van der Waals surface area contributed by atoms with Crippen LogP contribution in [0.15, 0.2) is 18.2 Å². The smallest absolute Gasteiger partial charge is 0.329 e. The number of hydrogen-bond donors (Lipinski definition) is 1. The monoisotopic (exact) mass is 229 g/mol. The van der Waals surface area contributed by atoms with E-state index in [0.717, 1.165) is 12.1 Å². The van der Waals surface area contributed by atoms with Crippen molar-refractivity contribution < 1.29 is 24.0 Å². The van der Waals surface area contributed by atoms with Crippen molar-refractivity contribution in [1.82, 2.24) is 0 Å². The van der Waals surface area contributed by atoms with Crippen molar-refractivity contribution in [3.8, 4) is 0 Å². The third kappa shape index (κ3) is 3.28. The van der Waals surface area contributed by atoms with Gasteiger partial charge in [0.15, 0.2) is 0 Å². The number of nitro benzene ring substituents is 1. The third-order valence-electron chi connectivity index (χ3n) is 1.70. The zero-order valence-electron chi connectivity index (χ0n) is 8.05. The standard InChI is InChI=1S/C9H8FNO5/c10-7-3-6(4-16-5-9(12)13)1-2-8(7)11(14)15/h1-3H,4-5H2,(H,12,13). The van der Waals surface area contributed by atoms with Crippen molar-refractivity contribution in [3.63, 3.8) is 0 Å². The molecule has 0 aromatic heterocycles. The van der Waals surface area contributed by atoms with Crippen LogP contribution in [0.25, 0.3) is 0 Å². The van der Waals surface area contributed by atoms with Gasteiger partial charge in [-0.25, -0.2) is 4.79 Å². The Bertz CT molecular complexity index is 420. The quantitative estimate of drug-likeness (QED) is 0.607. The summed E-state index contributed by atoms with van der Waals surface area (Å²) in [4.78, 5) is 19.6. The summed E-state index contributed by atoms with van der Waals surface area (Å²) >= 11 is 0. The second kappa shape index (κ2) is 5.17. The molecule has 0 heterocycles. The summed E-state index contributed by atoms with van der Waals surface area (Å²) in [6.07, 6.45) is 0. The Hall–Kier alpha value is -2.02. The van der Waals surface area contributed by atoms with E-state index in [1.807, 2.05) is 0 Å². The molecule has 0 aliphatic heterocycles. The number of aliphatic carboxylic acids is 1. The fourth-order valence-corrected chi connectivity index (χ4v) is 1.04. The van der Waals surface area contributed by atoms with Crippen molar-refractivity contribution >= 4 is 11.7 Å². The molecular weight excluding hydrogens is 221 g/mol. The van der Waals surface area contributed by atoms with E-state index in [0.29, 0.717) is 5.56 Å². The van der Waals surface area contributed by atoms with Crippen LogP contribution in [0, 0.1) is 15.9 Å². The molecular formula is C9H8FNO5. The molecule has 1 N–H and O–H groups in total. The minimum Gasteiger partial charge on any atom is -0.480 e. The lowest BCUT2D eigenvalue weighted by Gasteiger charge is -2.01. The Labute approximate surface area is 89.4 Å². The zero-order valence-corrected chi connectivity index (χ0v) is 8.05. The highest BCUT2D eigenvalue weighted by atomic mass is 19.1. The normalized spacial score (nSPS) is 10.1. The summed E-state index contributed by atoms with van der Waals surface area (Å²) in [7, 11) is 0. The molecule has 0 bridgehead atoms. The predicted octanol–water partition coefficient (Wildman–Crippen LogP) is 1.34. The highest BCUT2D eigenvalue weighted by molar-refractivity contribution is 5.67. The first-order valence-electron chi connectivity index (χ1n) is 4.23. The van der Waals surface area contributed by atoms with Crippen LogP contribution in [0.4, 0.5) is 10.1 Å². The van der Waals surface area contributed by atoms with Crippen LogP contribution in [0.2, 0.25) is 0 Å². The summed E-state index contributed by atoms with van der Waals surface area (Å²) in [5.41, 5.74) is -0.286. The van der Waals surface area contributed by atoms with Gasteiger partial charge < -0.3 is 9.84 Å². The number of halogens is 1. The van der Waals surface area contributed by atoms with E-state index in [2.05, 4.69) is 0 Å². The number of nitro groups is 1. The molecule has 6 nitrogen and oxygen atoms in total. The van der Waals surface area contributed by atoms with Gasteiger partial charge in [0.25, 0.3) is 0 Å². The predicted molar refractivity (Wildman–Crippen MR) is 50.3 cm³/mol. The summed E-state index contributed by atoms with van der Waals surface area (Å²) in [6, 6.07) is 3.26. The summed E-state index contributed by atoms with van der Waals surface area (Å²) in [6.45, 7) is -0.611. The molecule has 0 spiro atoms. The fraction of sp³-hybridized carbons (Fsp3) is 0.222. The van der Waals surface area contributed by atoms with Gasteiger partial charge in [-0.15, -0.1) is 0 Å². The van der Waals surface area contributed by atoms with E-state index < -0.39 is 29.0 Å². The lowest BCUT2D eigenvalue weighted by Crippen LogP contribution is -2.06. The van der Waals surface area contributed by atoms with E-state index in [4.69, 9.17) is 9.84 Å². The first-order valence-corrected chi connectivity index (χ1v) is 4.23. The second-order valence-corrected chi connectivity index (χ2v) is 2.93. The largest absolute Gasteiger partial charge is 0.480 e. The lowest BCUT2D eigenvalue weighted by molar-refractivity contribution is -0.387. The minimum absolute atomic E-state index is 0.110. The van der Waals surface area contributed by atoms with E-state index in [1.54, 1.807) is 0 Å². The molecule has 1 aromatic carbocycles. The number of rotatable bonds is 5. The average Bonchev–Trinajstić information content (AvgIpc) is 2.16. The molecule has 16 heavy (non-hydrogen) atoms. The van der Waals surface area contributed by atoms with Gasteiger partial charge in [0.2, 0.25) is 5.82 Å². The molecule has 0 atom stereocenters. The highest BCUT2D eigenvalue weighted by Gasteiger charge is 2.13.